The minimum atomic E-state index is 0.894. The standard InChI is InChI=1S/C13H18BrN/c1-10-2-3-11(8-13(10)14)4-5-12-6-7-15-9-12/h2-3,8,12,15H,4-7,9H2,1H3. The summed E-state index contributed by atoms with van der Waals surface area (Å²) in [5.41, 5.74) is 2.78. The molecule has 0 bridgehead atoms. The summed E-state index contributed by atoms with van der Waals surface area (Å²) in [5, 5.41) is 3.42. The molecule has 1 aliphatic heterocycles. The summed E-state index contributed by atoms with van der Waals surface area (Å²) in [5.74, 6) is 0.894. The van der Waals surface area contributed by atoms with Crippen LogP contribution in [0.4, 0.5) is 0 Å². The summed E-state index contributed by atoms with van der Waals surface area (Å²) in [6, 6.07) is 6.71. The second-order valence-electron chi connectivity index (χ2n) is 4.48. The Morgan fingerprint density at radius 3 is 3.00 bits per heavy atom. The number of hydrogen-bond acceptors (Lipinski definition) is 1. The highest BCUT2D eigenvalue weighted by atomic mass is 79.9. The van der Waals surface area contributed by atoms with E-state index in [1.807, 2.05) is 0 Å². The van der Waals surface area contributed by atoms with Crippen molar-refractivity contribution in [3.8, 4) is 0 Å². The van der Waals surface area contributed by atoms with Crippen LogP contribution in [0.2, 0.25) is 0 Å². The van der Waals surface area contributed by atoms with Crippen LogP contribution in [-0.4, -0.2) is 13.1 Å². The number of hydrogen-bond donors (Lipinski definition) is 1. The van der Waals surface area contributed by atoms with Crippen molar-refractivity contribution >= 4 is 15.9 Å². The van der Waals surface area contributed by atoms with Crippen molar-refractivity contribution in [2.45, 2.75) is 26.2 Å². The molecular formula is C13H18BrN. The smallest absolute Gasteiger partial charge is 0.0207 e. The van der Waals surface area contributed by atoms with E-state index in [4.69, 9.17) is 0 Å². The third-order valence-corrected chi connectivity index (χ3v) is 4.09. The van der Waals surface area contributed by atoms with Gasteiger partial charge in [-0.2, -0.15) is 0 Å². The molecule has 2 heteroatoms. The second kappa shape index (κ2) is 5.13. The zero-order chi connectivity index (χ0) is 10.7. The van der Waals surface area contributed by atoms with Gasteiger partial charge in [0.25, 0.3) is 0 Å². The van der Waals surface area contributed by atoms with Gasteiger partial charge in [-0.05, 0) is 62.4 Å². The van der Waals surface area contributed by atoms with Crippen LogP contribution in [0.1, 0.15) is 24.0 Å². The van der Waals surface area contributed by atoms with Gasteiger partial charge in [0, 0.05) is 4.47 Å². The maximum Gasteiger partial charge on any atom is 0.0207 e. The summed E-state index contributed by atoms with van der Waals surface area (Å²) >= 11 is 3.59. The van der Waals surface area contributed by atoms with Crippen molar-refractivity contribution in [2.75, 3.05) is 13.1 Å². The minimum absolute atomic E-state index is 0.894. The Morgan fingerprint density at radius 1 is 1.47 bits per heavy atom. The molecule has 1 atom stereocenters. The molecule has 1 aromatic rings. The Bertz CT molecular complexity index is 329. The lowest BCUT2D eigenvalue weighted by molar-refractivity contribution is 0.533. The molecule has 1 fully saturated rings. The first-order valence-electron chi connectivity index (χ1n) is 5.71. The fourth-order valence-corrected chi connectivity index (χ4v) is 2.55. The van der Waals surface area contributed by atoms with Crippen molar-refractivity contribution in [3.05, 3.63) is 33.8 Å². The van der Waals surface area contributed by atoms with Crippen molar-refractivity contribution < 1.29 is 0 Å². The van der Waals surface area contributed by atoms with Gasteiger partial charge in [-0.15, -0.1) is 0 Å². The van der Waals surface area contributed by atoms with Crippen LogP contribution in [0, 0.1) is 12.8 Å². The molecule has 1 saturated heterocycles. The van der Waals surface area contributed by atoms with E-state index in [-0.39, 0.29) is 0 Å². The maximum atomic E-state index is 3.59. The average molecular weight is 268 g/mol. The zero-order valence-corrected chi connectivity index (χ0v) is 10.8. The lowest BCUT2D eigenvalue weighted by Gasteiger charge is -2.08. The highest BCUT2D eigenvalue weighted by Gasteiger charge is 2.13. The van der Waals surface area contributed by atoms with Crippen LogP contribution in [0.15, 0.2) is 22.7 Å². The number of rotatable bonds is 3. The van der Waals surface area contributed by atoms with Crippen molar-refractivity contribution in [3.63, 3.8) is 0 Å². The highest BCUT2D eigenvalue weighted by Crippen LogP contribution is 2.21. The first-order chi connectivity index (χ1) is 7.25. The van der Waals surface area contributed by atoms with E-state index in [2.05, 4.69) is 46.4 Å². The van der Waals surface area contributed by atoms with Crippen molar-refractivity contribution in [1.82, 2.24) is 5.32 Å². The number of benzene rings is 1. The van der Waals surface area contributed by atoms with Crippen LogP contribution in [0.5, 0.6) is 0 Å². The molecule has 2 rings (SSSR count). The molecule has 1 aliphatic rings. The Hall–Kier alpha value is -0.340. The molecule has 1 nitrogen and oxygen atoms in total. The first-order valence-corrected chi connectivity index (χ1v) is 6.51. The van der Waals surface area contributed by atoms with E-state index in [0.29, 0.717) is 0 Å². The van der Waals surface area contributed by atoms with Crippen LogP contribution < -0.4 is 5.32 Å². The molecule has 82 valence electrons. The van der Waals surface area contributed by atoms with Gasteiger partial charge in [0.1, 0.15) is 0 Å². The van der Waals surface area contributed by atoms with Gasteiger partial charge >= 0.3 is 0 Å². The Kier molecular flexibility index (Phi) is 3.81. The van der Waals surface area contributed by atoms with Gasteiger partial charge in [0.05, 0.1) is 0 Å². The lowest BCUT2D eigenvalue weighted by Crippen LogP contribution is -2.09. The van der Waals surface area contributed by atoms with Crippen molar-refractivity contribution in [2.24, 2.45) is 5.92 Å². The van der Waals surface area contributed by atoms with Gasteiger partial charge in [0.15, 0.2) is 0 Å². The fraction of sp³-hybridized carbons (Fsp3) is 0.538. The van der Waals surface area contributed by atoms with E-state index >= 15 is 0 Å². The van der Waals surface area contributed by atoms with E-state index < -0.39 is 0 Å². The van der Waals surface area contributed by atoms with Gasteiger partial charge < -0.3 is 5.32 Å². The number of nitrogens with one attached hydrogen (secondary N) is 1. The molecule has 1 aromatic carbocycles. The molecule has 1 heterocycles. The number of aryl methyl sites for hydroxylation is 2. The maximum absolute atomic E-state index is 3.59. The molecule has 1 unspecified atom stereocenters. The normalized spacial score (nSPS) is 20.8. The largest absolute Gasteiger partial charge is 0.316 e. The topological polar surface area (TPSA) is 12.0 Å². The predicted molar refractivity (Wildman–Crippen MR) is 68.2 cm³/mol. The van der Waals surface area contributed by atoms with Crippen LogP contribution >= 0.6 is 15.9 Å². The Balaban J connectivity index is 1.90. The van der Waals surface area contributed by atoms with E-state index in [1.165, 1.54) is 48.0 Å². The van der Waals surface area contributed by atoms with E-state index in [0.717, 1.165) is 5.92 Å². The average Bonchev–Trinajstić information content (AvgIpc) is 2.73. The molecule has 0 radical (unpaired) electrons. The molecule has 0 saturated carbocycles. The SMILES string of the molecule is Cc1ccc(CCC2CCNC2)cc1Br. The van der Waals surface area contributed by atoms with Gasteiger partial charge in [0.2, 0.25) is 0 Å². The summed E-state index contributed by atoms with van der Waals surface area (Å²) in [4.78, 5) is 0. The van der Waals surface area contributed by atoms with Crippen molar-refractivity contribution in [1.29, 1.82) is 0 Å². The zero-order valence-electron chi connectivity index (χ0n) is 9.22. The van der Waals surface area contributed by atoms with Crippen LogP contribution in [-0.2, 0) is 6.42 Å². The second-order valence-corrected chi connectivity index (χ2v) is 5.34. The third kappa shape index (κ3) is 3.05. The molecular weight excluding hydrogens is 250 g/mol. The summed E-state index contributed by atoms with van der Waals surface area (Å²) in [6.07, 6.45) is 3.89. The molecule has 15 heavy (non-hydrogen) atoms. The molecule has 0 amide bonds. The Morgan fingerprint density at radius 2 is 2.33 bits per heavy atom. The van der Waals surface area contributed by atoms with Gasteiger partial charge in [-0.25, -0.2) is 0 Å². The van der Waals surface area contributed by atoms with Gasteiger partial charge in [-0.1, -0.05) is 28.1 Å². The van der Waals surface area contributed by atoms with Gasteiger partial charge in [-0.3, -0.25) is 0 Å². The fourth-order valence-electron chi connectivity index (χ4n) is 2.12. The van der Waals surface area contributed by atoms with Crippen LogP contribution in [0.3, 0.4) is 0 Å². The van der Waals surface area contributed by atoms with E-state index in [9.17, 15) is 0 Å². The molecule has 1 N–H and O–H groups in total. The summed E-state index contributed by atoms with van der Waals surface area (Å²) < 4.78 is 1.24. The Labute approximate surface area is 100 Å². The monoisotopic (exact) mass is 267 g/mol. The van der Waals surface area contributed by atoms with E-state index in [1.54, 1.807) is 0 Å². The lowest BCUT2D eigenvalue weighted by atomic mass is 9.98. The quantitative estimate of drug-likeness (QED) is 0.887. The summed E-state index contributed by atoms with van der Waals surface area (Å²) in [6.45, 7) is 4.56. The molecule has 0 spiro atoms. The van der Waals surface area contributed by atoms with Crippen LogP contribution in [0.25, 0.3) is 0 Å². The first kappa shape index (κ1) is 11.2. The number of halogens is 1. The predicted octanol–water partition coefficient (Wildman–Crippen LogP) is 3.30. The molecule has 0 aromatic heterocycles. The highest BCUT2D eigenvalue weighted by molar-refractivity contribution is 9.10. The minimum Gasteiger partial charge on any atom is -0.316 e. The summed E-state index contributed by atoms with van der Waals surface area (Å²) in [7, 11) is 0. The molecule has 0 aliphatic carbocycles. The third-order valence-electron chi connectivity index (χ3n) is 3.24.